The van der Waals surface area contributed by atoms with Gasteiger partial charge in [-0.1, -0.05) is 0 Å². The van der Waals surface area contributed by atoms with Crippen molar-refractivity contribution in [3.8, 4) is 0 Å². The predicted molar refractivity (Wildman–Crippen MR) is 90.7 cm³/mol. The second-order valence-electron chi connectivity index (χ2n) is 6.62. The first-order valence-corrected chi connectivity index (χ1v) is 8.76. The van der Waals surface area contributed by atoms with Crippen LogP contribution in [0, 0.1) is 0 Å². The molecule has 0 saturated carbocycles. The molecule has 2 amide bonds. The van der Waals surface area contributed by atoms with E-state index in [-0.39, 0.29) is 24.4 Å². The molecule has 0 radical (unpaired) electrons. The number of carbonyl (C=O) groups excluding carboxylic acids is 2. The van der Waals surface area contributed by atoms with Crippen LogP contribution in [-0.4, -0.2) is 47.7 Å². The number of hydrogen-bond donors (Lipinski definition) is 2. The molecule has 1 aromatic heterocycles. The zero-order chi connectivity index (χ0) is 16.9. The molecule has 24 heavy (non-hydrogen) atoms. The maximum Gasteiger partial charge on any atom is 0.239 e. The Morgan fingerprint density at radius 2 is 1.96 bits per heavy atom. The fraction of sp³-hybridized carbons (Fsp3) is 0.647. The van der Waals surface area contributed by atoms with Gasteiger partial charge in [-0.05, 0) is 50.2 Å². The number of piperidine rings is 1. The predicted octanol–water partition coefficient (Wildman–Crippen LogP) is 0.577. The van der Waals surface area contributed by atoms with Gasteiger partial charge in [-0.3, -0.25) is 9.59 Å². The number of carbonyl (C=O) groups is 2. The molecule has 1 aliphatic heterocycles. The van der Waals surface area contributed by atoms with Gasteiger partial charge in [0.2, 0.25) is 11.8 Å². The zero-order valence-corrected chi connectivity index (χ0v) is 14.2. The van der Waals surface area contributed by atoms with Crippen LogP contribution in [0.15, 0.2) is 6.07 Å². The van der Waals surface area contributed by atoms with Crippen LogP contribution in [-0.2, 0) is 22.4 Å². The first kappa shape index (κ1) is 16.7. The first-order chi connectivity index (χ1) is 11.6. The summed E-state index contributed by atoms with van der Waals surface area (Å²) in [5.74, 6) is 0.641. The van der Waals surface area contributed by atoms with Gasteiger partial charge in [0.25, 0.3) is 0 Å². The second-order valence-corrected chi connectivity index (χ2v) is 6.62. The van der Waals surface area contributed by atoms with Crippen LogP contribution >= 0.6 is 0 Å². The number of rotatable bonds is 4. The summed E-state index contributed by atoms with van der Waals surface area (Å²) in [5, 5.41) is 14.3. The third-order valence-electron chi connectivity index (χ3n) is 4.74. The lowest BCUT2D eigenvalue weighted by molar-refractivity contribution is -0.125. The molecular weight excluding hydrogens is 306 g/mol. The van der Waals surface area contributed by atoms with Crippen molar-refractivity contribution in [2.75, 3.05) is 24.5 Å². The van der Waals surface area contributed by atoms with Crippen LogP contribution in [0.5, 0.6) is 0 Å². The smallest absolute Gasteiger partial charge is 0.239 e. The SMILES string of the molecule is CC(=O)NCC(=O)NC1CCN(c2cc3c(nn2)CCCC3)CC1. The van der Waals surface area contributed by atoms with Crippen LogP contribution < -0.4 is 15.5 Å². The van der Waals surface area contributed by atoms with Gasteiger partial charge < -0.3 is 15.5 Å². The Morgan fingerprint density at radius 1 is 1.21 bits per heavy atom. The van der Waals surface area contributed by atoms with Crippen molar-refractivity contribution >= 4 is 17.6 Å². The Hall–Kier alpha value is -2.18. The molecule has 1 aliphatic carbocycles. The zero-order valence-electron chi connectivity index (χ0n) is 14.2. The van der Waals surface area contributed by atoms with Crippen molar-refractivity contribution in [2.45, 2.75) is 51.5 Å². The Kier molecular flexibility index (Phi) is 5.27. The molecule has 1 aromatic rings. The van der Waals surface area contributed by atoms with Gasteiger partial charge in [0.1, 0.15) is 0 Å². The molecule has 1 fully saturated rings. The van der Waals surface area contributed by atoms with Gasteiger partial charge in [-0.25, -0.2) is 0 Å². The Labute approximate surface area is 142 Å². The molecule has 0 aromatic carbocycles. The fourth-order valence-electron chi connectivity index (χ4n) is 3.37. The van der Waals surface area contributed by atoms with Gasteiger partial charge in [0.05, 0.1) is 12.2 Å². The molecule has 0 bridgehead atoms. The van der Waals surface area contributed by atoms with Crippen molar-refractivity contribution in [1.29, 1.82) is 0 Å². The van der Waals surface area contributed by atoms with Crippen LogP contribution in [0.1, 0.15) is 43.9 Å². The topological polar surface area (TPSA) is 87.2 Å². The highest BCUT2D eigenvalue weighted by atomic mass is 16.2. The molecule has 0 spiro atoms. The maximum atomic E-state index is 11.8. The Balaban J connectivity index is 1.50. The molecule has 2 aliphatic rings. The van der Waals surface area contributed by atoms with E-state index in [4.69, 9.17) is 0 Å². The molecule has 2 N–H and O–H groups in total. The van der Waals surface area contributed by atoms with Crippen molar-refractivity contribution in [3.63, 3.8) is 0 Å². The molecule has 1 saturated heterocycles. The summed E-state index contributed by atoms with van der Waals surface area (Å²) >= 11 is 0. The van der Waals surface area contributed by atoms with Gasteiger partial charge in [0.15, 0.2) is 5.82 Å². The van der Waals surface area contributed by atoms with Crippen LogP contribution in [0.25, 0.3) is 0 Å². The van der Waals surface area contributed by atoms with Crippen molar-refractivity contribution < 1.29 is 9.59 Å². The monoisotopic (exact) mass is 331 g/mol. The molecular formula is C17H25N5O2. The Bertz CT molecular complexity index is 611. The molecule has 7 heteroatoms. The van der Waals surface area contributed by atoms with Crippen molar-refractivity contribution in [3.05, 3.63) is 17.3 Å². The normalized spacial score (nSPS) is 18.0. The summed E-state index contributed by atoms with van der Waals surface area (Å²) in [6, 6.07) is 2.35. The molecule has 7 nitrogen and oxygen atoms in total. The number of amides is 2. The number of nitrogens with one attached hydrogen (secondary N) is 2. The van der Waals surface area contributed by atoms with Gasteiger partial charge in [-0.2, -0.15) is 5.10 Å². The largest absolute Gasteiger partial charge is 0.355 e. The number of hydrogen-bond acceptors (Lipinski definition) is 5. The lowest BCUT2D eigenvalue weighted by atomic mass is 9.96. The van der Waals surface area contributed by atoms with E-state index in [0.29, 0.717) is 0 Å². The van der Waals surface area contributed by atoms with E-state index >= 15 is 0 Å². The summed E-state index contributed by atoms with van der Waals surface area (Å²) in [5.41, 5.74) is 2.50. The van der Waals surface area contributed by atoms with Crippen molar-refractivity contribution in [2.24, 2.45) is 0 Å². The third kappa shape index (κ3) is 4.21. The van der Waals surface area contributed by atoms with E-state index in [2.05, 4.69) is 31.8 Å². The molecule has 3 rings (SSSR count). The summed E-state index contributed by atoms with van der Waals surface area (Å²) < 4.78 is 0. The number of anilines is 1. The molecule has 0 unspecified atom stereocenters. The first-order valence-electron chi connectivity index (χ1n) is 8.76. The third-order valence-corrected chi connectivity index (χ3v) is 4.74. The second kappa shape index (κ2) is 7.59. The fourth-order valence-corrected chi connectivity index (χ4v) is 3.37. The lowest BCUT2D eigenvalue weighted by Gasteiger charge is -2.33. The average molecular weight is 331 g/mol. The van der Waals surface area contributed by atoms with Crippen LogP contribution in [0.2, 0.25) is 0 Å². The standard InChI is InChI=1S/C17H25N5O2/c1-12(23)18-11-17(24)19-14-6-8-22(9-7-14)16-10-13-4-2-3-5-15(13)20-21-16/h10,14H,2-9,11H2,1H3,(H,18,23)(H,19,24). The molecule has 0 atom stereocenters. The van der Waals surface area contributed by atoms with Gasteiger partial charge in [0, 0.05) is 26.1 Å². The van der Waals surface area contributed by atoms with Gasteiger partial charge in [-0.15, -0.1) is 5.10 Å². The molecule has 2 heterocycles. The minimum absolute atomic E-state index is 0.0475. The average Bonchev–Trinajstić information content (AvgIpc) is 2.60. The summed E-state index contributed by atoms with van der Waals surface area (Å²) in [7, 11) is 0. The Morgan fingerprint density at radius 3 is 2.71 bits per heavy atom. The highest BCUT2D eigenvalue weighted by molar-refractivity contribution is 5.83. The van der Waals surface area contributed by atoms with E-state index in [1.54, 1.807) is 0 Å². The number of aromatic nitrogens is 2. The van der Waals surface area contributed by atoms with Gasteiger partial charge >= 0.3 is 0 Å². The minimum atomic E-state index is -0.189. The van der Waals surface area contributed by atoms with Crippen LogP contribution in [0.3, 0.4) is 0 Å². The van der Waals surface area contributed by atoms with Crippen molar-refractivity contribution in [1.82, 2.24) is 20.8 Å². The number of nitrogens with zero attached hydrogens (tertiary/aromatic N) is 3. The van der Waals surface area contributed by atoms with Crippen LogP contribution in [0.4, 0.5) is 5.82 Å². The summed E-state index contributed by atoms with van der Waals surface area (Å²) in [4.78, 5) is 24.8. The minimum Gasteiger partial charge on any atom is -0.355 e. The summed E-state index contributed by atoms with van der Waals surface area (Å²) in [6.45, 7) is 3.17. The molecule has 130 valence electrons. The van der Waals surface area contributed by atoms with E-state index in [9.17, 15) is 9.59 Å². The van der Waals surface area contributed by atoms with E-state index in [0.717, 1.165) is 50.3 Å². The highest BCUT2D eigenvalue weighted by Gasteiger charge is 2.23. The summed E-state index contributed by atoms with van der Waals surface area (Å²) in [6.07, 6.45) is 6.36. The maximum absolute atomic E-state index is 11.8. The number of fused-ring (bicyclic) bond motifs is 1. The number of aryl methyl sites for hydroxylation is 2. The quantitative estimate of drug-likeness (QED) is 0.842. The van der Waals surface area contributed by atoms with E-state index in [1.165, 1.54) is 25.3 Å². The van der Waals surface area contributed by atoms with E-state index < -0.39 is 0 Å². The highest BCUT2D eigenvalue weighted by Crippen LogP contribution is 2.24. The lowest BCUT2D eigenvalue weighted by Crippen LogP contribution is -2.47. The van der Waals surface area contributed by atoms with E-state index in [1.807, 2.05) is 0 Å².